The van der Waals surface area contributed by atoms with Crippen molar-refractivity contribution in [3.05, 3.63) is 20.3 Å². The van der Waals surface area contributed by atoms with Gasteiger partial charge in [0.05, 0.1) is 14.7 Å². The second-order valence-electron chi connectivity index (χ2n) is 4.29. The molecule has 0 aliphatic heterocycles. The molecule has 4 N–H and O–H groups in total. The minimum absolute atomic E-state index is 0.00527. The number of hydrogen-bond acceptors (Lipinski definition) is 4. The zero-order valence-corrected chi connectivity index (χ0v) is 12.8. The average molecular weight is 334 g/mol. The van der Waals surface area contributed by atoms with Gasteiger partial charge in [-0.15, -0.1) is 11.3 Å². The third-order valence-electron chi connectivity index (χ3n) is 2.47. The van der Waals surface area contributed by atoms with Crippen LogP contribution in [0.5, 0.6) is 0 Å². The van der Waals surface area contributed by atoms with Crippen LogP contribution < -0.4 is 11.1 Å². The molecule has 18 heavy (non-hydrogen) atoms. The number of aryl methyl sites for hydroxylation is 1. The Balaban J connectivity index is 2.85. The molecule has 0 aromatic carbocycles. The highest BCUT2D eigenvalue weighted by molar-refractivity contribution is 9.11. The van der Waals surface area contributed by atoms with Crippen LogP contribution >= 0.6 is 27.3 Å². The standard InChI is InChI=1S/C11H16BrN3O2S/c1-5(2)8(10(13)15-17)14-11(16)7-4-6(3)9(12)18-7/h4-5,8,17H,1-3H3,(H2,13,15)(H,14,16). The molecule has 7 heteroatoms. The Hall–Kier alpha value is -1.08. The fourth-order valence-corrected chi connectivity index (χ4v) is 2.87. The minimum Gasteiger partial charge on any atom is -0.409 e. The van der Waals surface area contributed by atoms with Gasteiger partial charge in [0.2, 0.25) is 0 Å². The van der Waals surface area contributed by atoms with E-state index in [0.717, 1.165) is 9.35 Å². The predicted molar refractivity (Wildman–Crippen MR) is 76.3 cm³/mol. The molecule has 1 aromatic heterocycles. The van der Waals surface area contributed by atoms with E-state index in [-0.39, 0.29) is 17.7 Å². The lowest BCUT2D eigenvalue weighted by Crippen LogP contribution is -2.47. The van der Waals surface area contributed by atoms with Crippen molar-refractivity contribution in [2.45, 2.75) is 26.8 Å². The van der Waals surface area contributed by atoms with Crippen LogP contribution in [0.3, 0.4) is 0 Å². The molecule has 100 valence electrons. The Morgan fingerprint density at radius 3 is 2.61 bits per heavy atom. The molecule has 1 unspecified atom stereocenters. The highest BCUT2D eigenvalue weighted by Crippen LogP contribution is 2.27. The van der Waals surface area contributed by atoms with E-state index in [4.69, 9.17) is 10.9 Å². The van der Waals surface area contributed by atoms with Gasteiger partial charge in [-0.1, -0.05) is 19.0 Å². The quantitative estimate of drug-likeness (QED) is 0.342. The van der Waals surface area contributed by atoms with Gasteiger partial charge >= 0.3 is 0 Å². The lowest BCUT2D eigenvalue weighted by Gasteiger charge is -2.20. The van der Waals surface area contributed by atoms with Crippen molar-refractivity contribution in [3.63, 3.8) is 0 Å². The van der Waals surface area contributed by atoms with Gasteiger partial charge in [0.15, 0.2) is 5.84 Å². The zero-order valence-electron chi connectivity index (χ0n) is 10.4. The third-order valence-corrected chi connectivity index (χ3v) is 4.60. The molecule has 1 amide bonds. The number of oxime groups is 1. The van der Waals surface area contributed by atoms with Gasteiger partial charge in [-0.25, -0.2) is 0 Å². The molecule has 0 aliphatic rings. The van der Waals surface area contributed by atoms with Crippen LogP contribution in [0.4, 0.5) is 0 Å². The summed E-state index contributed by atoms with van der Waals surface area (Å²) in [4.78, 5) is 12.6. The summed E-state index contributed by atoms with van der Waals surface area (Å²) < 4.78 is 0.928. The van der Waals surface area contributed by atoms with Gasteiger partial charge in [-0.3, -0.25) is 4.79 Å². The normalized spacial score (nSPS) is 13.7. The summed E-state index contributed by atoms with van der Waals surface area (Å²) in [6.45, 7) is 5.69. The first-order chi connectivity index (χ1) is 8.36. The molecule has 0 aliphatic carbocycles. The fourth-order valence-electron chi connectivity index (χ4n) is 1.43. The van der Waals surface area contributed by atoms with E-state index in [1.165, 1.54) is 11.3 Å². The molecular weight excluding hydrogens is 318 g/mol. The van der Waals surface area contributed by atoms with Gasteiger partial charge in [0.25, 0.3) is 5.91 Å². The van der Waals surface area contributed by atoms with Crippen LogP contribution in [-0.2, 0) is 0 Å². The largest absolute Gasteiger partial charge is 0.409 e. The number of amides is 1. The van der Waals surface area contributed by atoms with Crippen molar-refractivity contribution in [2.24, 2.45) is 16.8 Å². The van der Waals surface area contributed by atoms with Crippen LogP contribution in [0.1, 0.15) is 29.1 Å². The smallest absolute Gasteiger partial charge is 0.261 e. The van der Waals surface area contributed by atoms with Crippen LogP contribution in [0.25, 0.3) is 0 Å². The Labute approximate surface area is 118 Å². The van der Waals surface area contributed by atoms with Gasteiger partial charge in [-0.05, 0) is 40.4 Å². The van der Waals surface area contributed by atoms with Crippen molar-refractivity contribution >= 4 is 39.0 Å². The summed E-state index contributed by atoms with van der Waals surface area (Å²) in [7, 11) is 0. The van der Waals surface area contributed by atoms with Gasteiger partial charge in [0, 0.05) is 0 Å². The molecule has 1 heterocycles. The Morgan fingerprint density at radius 1 is 1.61 bits per heavy atom. The number of thiophene rings is 1. The number of carbonyl (C=O) groups is 1. The van der Waals surface area contributed by atoms with E-state index >= 15 is 0 Å². The minimum atomic E-state index is -0.483. The van der Waals surface area contributed by atoms with Crippen LogP contribution in [-0.4, -0.2) is 23.0 Å². The molecule has 0 saturated heterocycles. The maximum Gasteiger partial charge on any atom is 0.261 e. The van der Waals surface area contributed by atoms with Crippen molar-refractivity contribution in [2.75, 3.05) is 0 Å². The van der Waals surface area contributed by atoms with E-state index in [2.05, 4.69) is 26.4 Å². The first-order valence-electron chi connectivity index (χ1n) is 5.41. The second kappa shape index (κ2) is 6.19. The molecule has 5 nitrogen and oxygen atoms in total. The van der Waals surface area contributed by atoms with Crippen molar-refractivity contribution in [1.82, 2.24) is 5.32 Å². The maximum absolute atomic E-state index is 12.0. The summed E-state index contributed by atoms with van der Waals surface area (Å²) in [5.74, 6) is -0.181. The molecular formula is C11H16BrN3O2S. The lowest BCUT2D eigenvalue weighted by molar-refractivity contribution is 0.0943. The van der Waals surface area contributed by atoms with Gasteiger partial charge in [0.1, 0.15) is 0 Å². The molecule has 0 radical (unpaired) electrons. The summed E-state index contributed by atoms with van der Waals surface area (Å²) in [5.41, 5.74) is 6.57. The SMILES string of the molecule is Cc1cc(C(=O)NC(C(N)=NO)C(C)C)sc1Br. The van der Waals surface area contributed by atoms with Gasteiger partial charge < -0.3 is 16.3 Å². The monoisotopic (exact) mass is 333 g/mol. The Morgan fingerprint density at radius 2 is 2.22 bits per heavy atom. The molecule has 1 rings (SSSR count). The third kappa shape index (κ3) is 3.46. The average Bonchev–Trinajstić information content (AvgIpc) is 2.65. The van der Waals surface area contributed by atoms with Crippen LogP contribution in [0.15, 0.2) is 15.0 Å². The molecule has 0 fully saturated rings. The number of nitrogens with two attached hydrogens (primary N) is 1. The Bertz CT molecular complexity index is 451. The number of amidine groups is 1. The maximum atomic E-state index is 12.0. The van der Waals surface area contributed by atoms with Crippen molar-refractivity contribution in [3.8, 4) is 0 Å². The molecule has 0 spiro atoms. The predicted octanol–water partition coefficient (Wildman–Crippen LogP) is 2.32. The molecule has 0 saturated carbocycles. The topological polar surface area (TPSA) is 87.7 Å². The Kier molecular flexibility index (Phi) is 5.15. The van der Waals surface area contributed by atoms with Crippen LogP contribution in [0, 0.1) is 12.8 Å². The highest BCUT2D eigenvalue weighted by atomic mass is 79.9. The summed E-state index contributed by atoms with van der Waals surface area (Å²) in [6, 6.07) is 1.32. The van der Waals surface area contributed by atoms with Crippen molar-refractivity contribution in [1.29, 1.82) is 0 Å². The first-order valence-corrected chi connectivity index (χ1v) is 7.02. The first kappa shape index (κ1) is 15.0. The van der Waals surface area contributed by atoms with Gasteiger partial charge in [-0.2, -0.15) is 0 Å². The van der Waals surface area contributed by atoms with E-state index < -0.39 is 6.04 Å². The highest BCUT2D eigenvalue weighted by Gasteiger charge is 2.22. The number of carbonyl (C=O) groups excluding carboxylic acids is 1. The zero-order chi connectivity index (χ0) is 13.9. The molecule has 1 aromatic rings. The van der Waals surface area contributed by atoms with E-state index in [9.17, 15) is 4.79 Å². The van der Waals surface area contributed by atoms with E-state index in [0.29, 0.717) is 4.88 Å². The van der Waals surface area contributed by atoms with E-state index in [1.807, 2.05) is 20.8 Å². The number of rotatable bonds is 4. The summed E-state index contributed by atoms with van der Waals surface area (Å²) in [6.07, 6.45) is 0. The second-order valence-corrected chi connectivity index (χ2v) is 6.66. The number of halogens is 1. The van der Waals surface area contributed by atoms with Crippen molar-refractivity contribution < 1.29 is 10.0 Å². The number of nitrogens with zero attached hydrogens (tertiary/aromatic N) is 1. The summed E-state index contributed by atoms with van der Waals surface area (Å²) in [5, 5.41) is 14.4. The number of hydrogen-bond donors (Lipinski definition) is 3. The molecule has 1 atom stereocenters. The lowest BCUT2D eigenvalue weighted by atomic mass is 10.0. The number of nitrogens with one attached hydrogen (secondary N) is 1. The van der Waals surface area contributed by atoms with Crippen LogP contribution in [0.2, 0.25) is 0 Å². The molecule has 0 bridgehead atoms. The van der Waals surface area contributed by atoms with E-state index in [1.54, 1.807) is 6.07 Å². The fraction of sp³-hybridized carbons (Fsp3) is 0.455. The summed E-state index contributed by atoms with van der Waals surface area (Å²) >= 11 is 4.73.